The van der Waals surface area contributed by atoms with Crippen LogP contribution in [0.1, 0.15) is 51.2 Å². The third kappa shape index (κ3) is 5.89. The maximum absolute atomic E-state index is 12.7. The first-order chi connectivity index (χ1) is 12.4. The molecule has 2 unspecified atom stereocenters. The highest BCUT2D eigenvalue weighted by Gasteiger charge is 2.36. The van der Waals surface area contributed by atoms with Crippen LogP contribution >= 0.6 is 11.8 Å². The minimum atomic E-state index is -4.38. The molecule has 2 rings (SSSR count). The minimum absolute atomic E-state index is 0.144. The SMILES string of the molecule is CC(CC(=O)N1CSCC1C(=O)NC(C)(C)C)c1ccc(C(F)(F)F)cc1. The highest BCUT2D eigenvalue weighted by atomic mass is 32.2. The highest BCUT2D eigenvalue weighted by molar-refractivity contribution is 7.99. The number of carbonyl (C=O) groups is 2. The second kappa shape index (κ2) is 8.12. The monoisotopic (exact) mass is 402 g/mol. The predicted octanol–water partition coefficient (Wildman–Crippen LogP) is 4.02. The molecule has 0 aliphatic carbocycles. The normalized spacial score (nSPS) is 19.1. The van der Waals surface area contributed by atoms with Crippen molar-refractivity contribution < 1.29 is 22.8 Å². The van der Waals surface area contributed by atoms with E-state index in [0.29, 0.717) is 17.2 Å². The zero-order valence-corrected chi connectivity index (χ0v) is 16.7. The van der Waals surface area contributed by atoms with Gasteiger partial charge >= 0.3 is 6.18 Å². The molecule has 8 heteroatoms. The van der Waals surface area contributed by atoms with E-state index < -0.39 is 17.8 Å². The number of nitrogens with one attached hydrogen (secondary N) is 1. The summed E-state index contributed by atoms with van der Waals surface area (Å²) < 4.78 is 38.0. The van der Waals surface area contributed by atoms with Crippen LogP contribution in [0.4, 0.5) is 13.2 Å². The summed E-state index contributed by atoms with van der Waals surface area (Å²) in [4.78, 5) is 26.7. The molecule has 2 atom stereocenters. The van der Waals surface area contributed by atoms with Gasteiger partial charge in [-0.2, -0.15) is 13.2 Å². The number of thioether (sulfide) groups is 1. The molecule has 0 bridgehead atoms. The summed E-state index contributed by atoms with van der Waals surface area (Å²) in [5.74, 6) is 0.407. The van der Waals surface area contributed by atoms with Crippen molar-refractivity contribution in [3.63, 3.8) is 0 Å². The van der Waals surface area contributed by atoms with Crippen LogP contribution in [0.25, 0.3) is 0 Å². The summed E-state index contributed by atoms with van der Waals surface area (Å²) in [5, 5.41) is 2.90. The molecule has 1 aromatic carbocycles. The van der Waals surface area contributed by atoms with Crippen molar-refractivity contribution in [2.24, 2.45) is 0 Å². The Morgan fingerprint density at radius 2 is 1.81 bits per heavy atom. The van der Waals surface area contributed by atoms with Gasteiger partial charge in [-0.25, -0.2) is 0 Å². The van der Waals surface area contributed by atoms with Gasteiger partial charge in [-0.05, 0) is 44.4 Å². The molecular formula is C19H25F3N2O2S. The Hall–Kier alpha value is -1.70. The van der Waals surface area contributed by atoms with Crippen molar-refractivity contribution in [1.29, 1.82) is 0 Å². The second-order valence-electron chi connectivity index (χ2n) is 7.84. The zero-order chi connectivity index (χ0) is 20.4. The van der Waals surface area contributed by atoms with Gasteiger partial charge in [-0.15, -0.1) is 11.8 Å². The zero-order valence-electron chi connectivity index (χ0n) is 15.9. The Morgan fingerprint density at radius 1 is 1.22 bits per heavy atom. The van der Waals surface area contributed by atoms with E-state index in [1.807, 2.05) is 20.8 Å². The van der Waals surface area contributed by atoms with Crippen LogP contribution in [-0.4, -0.2) is 39.9 Å². The molecule has 1 aliphatic rings. The standard InChI is InChI=1S/C19H25F3N2O2S/c1-12(13-5-7-14(8-6-13)19(20,21)22)9-16(25)24-11-27-10-15(24)17(26)23-18(2,3)4/h5-8,12,15H,9-11H2,1-4H3,(H,23,26). The van der Waals surface area contributed by atoms with Gasteiger partial charge in [0, 0.05) is 17.7 Å². The quantitative estimate of drug-likeness (QED) is 0.828. The average Bonchev–Trinajstić information content (AvgIpc) is 3.02. The topological polar surface area (TPSA) is 49.4 Å². The first kappa shape index (κ1) is 21.6. The van der Waals surface area contributed by atoms with E-state index in [4.69, 9.17) is 0 Å². The minimum Gasteiger partial charge on any atom is -0.350 e. The summed E-state index contributed by atoms with van der Waals surface area (Å²) in [5.41, 5.74) is -0.425. The van der Waals surface area contributed by atoms with Crippen LogP contribution in [0.2, 0.25) is 0 Å². The Bertz CT molecular complexity index is 684. The molecule has 1 heterocycles. The maximum Gasteiger partial charge on any atom is 0.416 e. The number of amides is 2. The molecule has 0 spiro atoms. The summed E-state index contributed by atoms with van der Waals surface area (Å²) >= 11 is 1.52. The third-order valence-electron chi connectivity index (χ3n) is 4.29. The lowest BCUT2D eigenvalue weighted by Crippen LogP contribution is -2.52. The molecule has 1 aromatic rings. The van der Waals surface area contributed by atoms with E-state index in [1.54, 1.807) is 11.8 Å². The smallest absolute Gasteiger partial charge is 0.350 e. The average molecular weight is 402 g/mol. The van der Waals surface area contributed by atoms with E-state index in [9.17, 15) is 22.8 Å². The first-order valence-electron chi connectivity index (χ1n) is 8.75. The van der Waals surface area contributed by atoms with Gasteiger partial charge in [-0.1, -0.05) is 19.1 Å². The molecule has 4 nitrogen and oxygen atoms in total. The molecule has 0 aromatic heterocycles. The van der Waals surface area contributed by atoms with E-state index in [0.717, 1.165) is 12.1 Å². The van der Waals surface area contributed by atoms with Gasteiger partial charge in [0.25, 0.3) is 0 Å². The van der Waals surface area contributed by atoms with Crippen LogP contribution in [0, 0.1) is 0 Å². The van der Waals surface area contributed by atoms with Gasteiger partial charge in [0.15, 0.2) is 0 Å². The number of halogens is 3. The van der Waals surface area contributed by atoms with Crippen LogP contribution < -0.4 is 5.32 Å². The van der Waals surface area contributed by atoms with Crippen molar-refractivity contribution in [2.75, 3.05) is 11.6 Å². The molecule has 0 saturated carbocycles. The summed E-state index contributed by atoms with van der Waals surface area (Å²) in [6.45, 7) is 7.44. The Morgan fingerprint density at radius 3 is 2.33 bits per heavy atom. The molecule has 150 valence electrons. The molecule has 0 radical (unpaired) electrons. The van der Waals surface area contributed by atoms with Crippen molar-refractivity contribution in [3.05, 3.63) is 35.4 Å². The Balaban J connectivity index is 2.01. The molecule has 2 amide bonds. The van der Waals surface area contributed by atoms with Crippen LogP contribution in [0.3, 0.4) is 0 Å². The number of carbonyl (C=O) groups excluding carboxylic acids is 2. The third-order valence-corrected chi connectivity index (χ3v) is 5.30. The Kier molecular flexibility index (Phi) is 6.50. The lowest BCUT2D eigenvalue weighted by molar-refractivity contribution is -0.139. The van der Waals surface area contributed by atoms with E-state index >= 15 is 0 Å². The van der Waals surface area contributed by atoms with Crippen molar-refractivity contribution in [1.82, 2.24) is 10.2 Å². The van der Waals surface area contributed by atoms with E-state index in [2.05, 4.69) is 5.32 Å². The Labute approximate surface area is 161 Å². The van der Waals surface area contributed by atoms with Gasteiger partial charge < -0.3 is 10.2 Å². The lowest BCUT2D eigenvalue weighted by atomic mass is 9.96. The van der Waals surface area contributed by atoms with Gasteiger partial charge in [-0.3, -0.25) is 9.59 Å². The highest BCUT2D eigenvalue weighted by Crippen LogP contribution is 2.31. The predicted molar refractivity (Wildman–Crippen MR) is 100 cm³/mol. The van der Waals surface area contributed by atoms with Crippen molar-refractivity contribution >= 4 is 23.6 Å². The number of nitrogens with zero attached hydrogens (tertiary/aromatic N) is 1. The van der Waals surface area contributed by atoms with Crippen LogP contribution in [-0.2, 0) is 15.8 Å². The van der Waals surface area contributed by atoms with Crippen molar-refractivity contribution in [2.45, 2.75) is 57.8 Å². The summed E-state index contributed by atoms with van der Waals surface area (Å²) in [6.07, 6.45) is -4.23. The molecule has 1 fully saturated rings. The largest absolute Gasteiger partial charge is 0.416 e. The number of alkyl halides is 3. The first-order valence-corrected chi connectivity index (χ1v) is 9.90. The van der Waals surface area contributed by atoms with E-state index in [1.165, 1.54) is 23.9 Å². The lowest BCUT2D eigenvalue weighted by Gasteiger charge is -2.28. The fourth-order valence-electron chi connectivity index (χ4n) is 2.86. The maximum atomic E-state index is 12.7. The second-order valence-corrected chi connectivity index (χ2v) is 8.84. The summed E-state index contributed by atoms with van der Waals surface area (Å²) in [7, 11) is 0. The number of benzene rings is 1. The van der Waals surface area contributed by atoms with Crippen LogP contribution in [0.15, 0.2) is 24.3 Å². The molecule has 27 heavy (non-hydrogen) atoms. The van der Waals surface area contributed by atoms with Gasteiger partial charge in [0.1, 0.15) is 6.04 Å². The number of hydrogen-bond acceptors (Lipinski definition) is 3. The van der Waals surface area contributed by atoms with Gasteiger partial charge in [0.05, 0.1) is 11.4 Å². The number of rotatable bonds is 4. The number of hydrogen-bond donors (Lipinski definition) is 1. The van der Waals surface area contributed by atoms with E-state index in [-0.39, 0.29) is 29.7 Å². The van der Waals surface area contributed by atoms with Crippen molar-refractivity contribution in [3.8, 4) is 0 Å². The van der Waals surface area contributed by atoms with Gasteiger partial charge in [0.2, 0.25) is 11.8 Å². The fraction of sp³-hybridized carbons (Fsp3) is 0.579. The molecule has 1 saturated heterocycles. The fourth-order valence-corrected chi connectivity index (χ4v) is 4.04. The molecule has 1 N–H and O–H groups in total. The summed E-state index contributed by atoms with van der Waals surface area (Å²) in [6, 6.07) is 4.36. The van der Waals surface area contributed by atoms with Crippen LogP contribution in [0.5, 0.6) is 0 Å². The molecular weight excluding hydrogens is 377 g/mol. The molecule has 1 aliphatic heterocycles.